The fourth-order valence-electron chi connectivity index (χ4n) is 2.04. The maximum Gasteiger partial charge on any atom is 0.274 e. The summed E-state index contributed by atoms with van der Waals surface area (Å²) < 4.78 is 0.933. The normalized spacial score (nSPS) is 11.3. The van der Waals surface area contributed by atoms with Gasteiger partial charge in [0.1, 0.15) is 5.69 Å². The first-order valence-electron chi connectivity index (χ1n) is 6.56. The van der Waals surface area contributed by atoms with Gasteiger partial charge in [0, 0.05) is 4.47 Å². The first-order valence-corrected chi connectivity index (χ1v) is 7.35. The van der Waals surface area contributed by atoms with Crippen LogP contribution in [0, 0.1) is 6.92 Å². The fourth-order valence-corrected chi connectivity index (χ4v) is 2.38. The zero-order chi connectivity index (χ0) is 14.8. The lowest BCUT2D eigenvalue weighted by Crippen LogP contribution is -2.11. The number of nitrogens with one attached hydrogen (secondary N) is 1. The molecule has 0 bridgehead atoms. The SMILES string of the molecule is Cc1ccc(/C=C/c2nc3cc(Br)ccc3[nH]c2=O)cc1. The third-order valence-electron chi connectivity index (χ3n) is 3.19. The van der Waals surface area contributed by atoms with Gasteiger partial charge in [0.15, 0.2) is 0 Å². The second kappa shape index (κ2) is 5.66. The molecule has 0 saturated carbocycles. The zero-order valence-electron chi connectivity index (χ0n) is 11.4. The van der Waals surface area contributed by atoms with Crippen LogP contribution in [0.15, 0.2) is 51.7 Å². The molecule has 0 aliphatic heterocycles. The van der Waals surface area contributed by atoms with Crippen LogP contribution in [-0.2, 0) is 0 Å². The predicted octanol–water partition coefficient (Wildman–Crippen LogP) is 4.16. The summed E-state index contributed by atoms with van der Waals surface area (Å²) in [6, 6.07) is 13.7. The van der Waals surface area contributed by atoms with Crippen molar-refractivity contribution in [3.63, 3.8) is 0 Å². The van der Waals surface area contributed by atoms with E-state index >= 15 is 0 Å². The molecular formula is C17H13BrN2O. The maximum atomic E-state index is 12.0. The Balaban J connectivity index is 2.01. The van der Waals surface area contributed by atoms with Crippen LogP contribution in [0.25, 0.3) is 23.2 Å². The third kappa shape index (κ3) is 3.11. The van der Waals surface area contributed by atoms with Crippen molar-refractivity contribution >= 4 is 39.1 Å². The van der Waals surface area contributed by atoms with Gasteiger partial charge in [0.05, 0.1) is 11.0 Å². The Morgan fingerprint density at radius 1 is 1.10 bits per heavy atom. The summed E-state index contributed by atoms with van der Waals surface area (Å²) in [5, 5.41) is 0. The topological polar surface area (TPSA) is 45.8 Å². The molecule has 4 heteroatoms. The van der Waals surface area contributed by atoms with Crippen molar-refractivity contribution < 1.29 is 0 Å². The standard InChI is InChI=1S/C17H13BrN2O/c1-11-2-4-12(5-3-11)6-8-15-17(21)20-14-9-7-13(18)10-16(14)19-15/h2-10H,1H3,(H,20,21)/b8-6+. The zero-order valence-corrected chi connectivity index (χ0v) is 13.0. The van der Waals surface area contributed by atoms with Crippen LogP contribution in [0.5, 0.6) is 0 Å². The van der Waals surface area contributed by atoms with Gasteiger partial charge in [0.2, 0.25) is 0 Å². The molecular weight excluding hydrogens is 328 g/mol. The fraction of sp³-hybridized carbons (Fsp3) is 0.0588. The number of nitrogens with zero attached hydrogens (tertiary/aromatic N) is 1. The van der Waals surface area contributed by atoms with Crippen molar-refractivity contribution in [2.45, 2.75) is 6.92 Å². The summed E-state index contributed by atoms with van der Waals surface area (Å²) in [5.74, 6) is 0. The first-order chi connectivity index (χ1) is 10.1. The highest BCUT2D eigenvalue weighted by Gasteiger charge is 2.02. The van der Waals surface area contributed by atoms with Gasteiger partial charge in [-0.05, 0) is 36.8 Å². The molecule has 0 atom stereocenters. The highest BCUT2D eigenvalue weighted by atomic mass is 79.9. The summed E-state index contributed by atoms with van der Waals surface area (Å²) in [7, 11) is 0. The minimum Gasteiger partial charge on any atom is -0.319 e. The smallest absolute Gasteiger partial charge is 0.274 e. The molecule has 1 aromatic heterocycles. The van der Waals surface area contributed by atoms with E-state index < -0.39 is 0 Å². The van der Waals surface area contributed by atoms with Gasteiger partial charge in [0.25, 0.3) is 5.56 Å². The van der Waals surface area contributed by atoms with Gasteiger partial charge >= 0.3 is 0 Å². The third-order valence-corrected chi connectivity index (χ3v) is 3.69. The van der Waals surface area contributed by atoms with Gasteiger partial charge < -0.3 is 4.98 Å². The summed E-state index contributed by atoms with van der Waals surface area (Å²) in [5.41, 5.74) is 3.95. The van der Waals surface area contributed by atoms with Crippen molar-refractivity contribution in [3.05, 3.63) is 74.1 Å². The lowest BCUT2D eigenvalue weighted by atomic mass is 10.1. The van der Waals surface area contributed by atoms with E-state index in [2.05, 4.69) is 25.9 Å². The average Bonchev–Trinajstić information content (AvgIpc) is 2.47. The number of hydrogen-bond acceptors (Lipinski definition) is 2. The Labute approximate surface area is 130 Å². The van der Waals surface area contributed by atoms with E-state index in [4.69, 9.17) is 0 Å². The molecule has 3 nitrogen and oxygen atoms in total. The van der Waals surface area contributed by atoms with Crippen LogP contribution in [0.4, 0.5) is 0 Å². The molecule has 21 heavy (non-hydrogen) atoms. The minimum absolute atomic E-state index is 0.187. The summed E-state index contributed by atoms with van der Waals surface area (Å²) in [4.78, 5) is 19.3. The Hall–Kier alpha value is -2.20. The average molecular weight is 341 g/mol. The molecule has 3 rings (SSSR count). The van der Waals surface area contributed by atoms with Crippen LogP contribution < -0.4 is 5.56 Å². The number of halogens is 1. The molecule has 104 valence electrons. The van der Waals surface area contributed by atoms with E-state index in [-0.39, 0.29) is 5.56 Å². The van der Waals surface area contributed by atoms with Gasteiger partial charge in [-0.15, -0.1) is 0 Å². The molecule has 0 saturated heterocycles. The molecule has 0 fully saturated rings. The van der Waals surface area contributed by atoms with E-state index in [0.29, 0.717) is 5.69 Å². The molecule has 0 spiro atoms. The van der Waals surface area contributed by atoms with Crippen LogP contribution in [0.3, 0.4) is 0 Å². The molecule has 1 N–H and O–H groups in total. The van der Waals surface area contributed by atoms with E-state index in [9.17, 15) is 4.79 Å². The van der Waals surface area contributed by atoms with Crippen molar-refractivity contribution in [1.82, 2.24) is 9.97 Å². The second-order valence-electron chi connectivity index (χ2n) is 4.86. The van der Waals surface area contributed by atoms with Gasteiger partial charge in [-0.25, -0.2) is 4.98 Å². The predicted molar refractivity (Wildman–Crippen MR) is 90.2 cm³/mol. The number of fused-ring (bicyclic) bond motifs is 1. The number of aromatic nitrogens is 2. The summed E-state index contributed by atoms with van der Waals surface area (Å²) in [6.07, 6.45) is 3.63. The van der Waals surface area contributed by atoms with E-state index in [1.807, 2.05) is 55.5 Å². The molecule has 0 radical (unpaired) electrons. The number of rotatable bonds is 2. The van der Waals surface area contributed by atoms with Crippen molar-refractivity contribution in [3.8, 4) is 0 Å². The first kappa shape index (κ1) is 13.8. The number of hydrogen-bond donors (Lipinski definition) is 1. The maximum absolute atomic E-state index is 12.0. The highest BCUT2D eigenvalue weighted by Crippen LogP contribution is 2.16. The Morgan fingerprint density at radius 2 is 1.86 bits per heavy atom. The second-order valence-corrected chi connectivity index (χ2v) is 5.77. The van der Waals surface area contributed by atoms with E-state index in [1.54, 1.807) is 6.08 Å². The number of aromatic amines is 1. The molecule has 0 aliphatic rings. The van der Waals surface area contributed by atoms with Crippen LogP contribution >= 0.6 is 15.9 Å². The monoisotopic (exact) mass is 340 g/mol. The number of H-pyrrole nitrogens is 1. The molecule has 0 unspecified atom stereocenters. The Bertz CT molecular complexity index is 879. The molecule has 2 aromatic carbocycles. The molecule has 0 aliphatic carbocycles. The van der Waals surface area contributed by atoms with Gasteiger partial charge in [-0.1, -0.05) is 51.8 Å². The number of aryl methyl sites for hydroxylation is 1. The van der Waals surface area contributed by atoms with Gasteiger partial charge in [-0.2, -0.15) is 0 Å². The summed E-state index contributed by atoms with van der Waals surface area (Å²) >= 11 is 3.41. The van der Waals surface area contributed by atoms with E-state index in [1.165, 1.54) is 5.56 Å². The van der Waals surface area contributed by atoms with Crippen LogP contribution in [-0.4, -0.2) is 9.97 Å². The van der Waals surface area contributed by atoms with Crippen LogP contribution in [0.1, 0.15) is 16.8 Å². The summed E-state index contributed by atoms with van der Waals surface area (Å²) in [6.45, 7) is 2.04. The minimum atomic E-state index is -0.187. The van der Waals surface area contributed by atoms with Crippen molar-refractivity contribution in [2.24, 2.45) is 0 Å². The van der Waals surface area contributed by atoms with Gasteiger partial charge in [-0.3, -0.25) is 4.79 Å². The Kier molecular flexibility index (Phi) is 3.71. The largest absolute Gasteiger partial charge is 0.319 e. The lowest BCUT2D eigenvalue weighted by Gasteiger charge is -2.00. The number of benzene rings is 2. The molecule has 1 heterocycles. The quantitative estimate of drug-likeness (QED) is 0.761. The molecule has 3 aromatic rings. The lowest BCUT2D eigenvalue weighted by molar-refractivity contribution is 1.19. The Morgan fingerprint density at radius 3 is 2.62 bits per heavy atom. The van der Waals surface area contributed by atoms with Crippen molar-refractivity contribution in [1.29, 1.82) is 0 Å². The highest BCUT2D eigenvalue weighted by molar-refractivity contribution is 9.10. The van der Waals surface area contributed by atoms with E-state index in [0.717, 1.165) is 21.1 Å². The van der Waals surface area contributed by atoms with Crippen LogP contribution in [0.2, 0.25) is 0 Å². The van der Waals surface area contributed by atoms with Crippen molar-refractivity contribution in [2.75, 3.05) is 0 Å². The molecule has 0 amide bonds.